The van der Waals surface area contributed by atoms with E-state index >= 15 is 0 Å². The van der Waals surface area contributed by atoms with Gasteiger partial charge >= 0.3 is 5.97 Å². The van der Waals surface area contributed by atoms with Gasteiger partial charge in [-0.15, -0.1) is 0 Å². The van der Waals surface area contributed by atoms with Gasteiger partial charge in [0.2, 0.25) is 0 Å². The summed E-state index contributed by atoms with van der Waals surface area (Å²) in [6.07, 6.45) is 0.696. The minimum Gasteiger partial charge on any atom is -0.493 e. The Balaban J connectivity index is 1.84. The fraction of sp³-hybridized carbons (Fsp3) is 0.261. The number of rotatable bonds is 7. The van der Waals surface area contributed by atoms with E-state index in [1.165, 1.54) is 14.2 Å². The summed E-state index contributed by atoms with van der Waals surface area (Å²) in [5.41, 5.74) is 3.17. The second-order valence-electron chi connectivity index (χ2n) is 6.50. The average molecular weight is 393 g/mol. The fourth-order valence-electron chi connectivity index (χ4n) is 3.26. The van der Waals surface area contributed by atoms with Crippen molar-refractivity contribution in [3.8, 4) is 11.5 Å². The van der Waals surface area contributed by atoms with Gasteiger partial charge in [-0.25, -0.2) is 4.79 Å². The van der Waals surface area contributed by atoms with Crippen LogP contribution in [0.2, 0.25) is 0 Å². The van der Waals surface area contributed by atoms with Crippen LogP contribution in [0.4, 0.5) is 0 Å². The summed E-state index contributed by atoms with van der Waals surface area (Å²) in [7, 11) is 3.02. The highest BCUT2D eigenvalue weighted by Crippen LogP contribution is 2.28. The first-order chi connectivity index (χ1) is 14.0. The first-order valence-electron chi connectivity index (χ1n) is 9.30. The lowest BCUT2D eigenvalue weighted by Gasteiger charge is -2.13. The van der Waals surface area contributed by atoms with Crippen LogP contribution in [0, 0.1) is 6.92 Å². The minimum absolute atomic E-state index is 0.328. The molecule has 0 aliphatic heterocycles. The summed E-state index contributed by atoms with van der Waals surface area (Å²) < 4.78 is 15.8. The maximum atomic E-state index is 12.9. The lowest BCUT2D eigenvalue weighted by atomic mass is 10.0. The molecule has 6 heteroatoms. The van der Waals surface area contributed by atoms with Crippen LogP contribution >= 0.6 is 0 Å². The number of aromatic nitrogens is 1. The van der Waals surface area contributed by atoms with Crippen molar-refractivity contribution < 1.29 is 23.8 Å². The maximum absolute atomic E-state index is 12.9. The molecule has 0 radical (unpaired) electrons. The molecule has 0 amide bonds. The molecular weight excluding hydrogens is 370 g/mol. The third-order valence-electron chi connectivity index (χ3n) is 4.82. The topological polar surface area (TPSA) is 74.7 Å². The number of ketones is 1. The van der Waals surface area contributed by atoms with Crippen molar-refractivity contribution >= 4 is 22.7 Å². The van der Waals surface area contributed by atoms with E-state index in [1.807, 2.05) is 38.1 Å². The number of ether oxygens (including phenoxy) is 3. The van der Waals surface area contributed by atoms with Crippen LogP contribution in [0.3, 0.4) is 0 Å². The second-order valence-corrected chi connectivity index (χ2v) is 6.50. The average Bonchev–Trinajstić information content (AvgIpc) is 2.76. The monoisotopic (exact) mass is 393 g/mol. The maximum Gasteiger partial charge on any atom is 0.339 e. The van der Waals surface area contributed by atoms with E-state index in [1.54, 1.807) is 18.2 Å². The van der Waals surface area contributed by atoms with Crippen molar-refractivity contribution in [3.63, 3.8) is 0 Å². The molecule has 0 aliphatic carbocycles. The number of carbonyl (C=O) groups excluding carboxylic acids is 2. The Morgan fingerprint density at radius 2 is 1.72 bits per heavy atom. The van der Waals surface area contributed by atoms with E-state index in [4.69, 9.17) is 14.2 Å². The summed E-state index contributed by atoms with van der Waals surface area (Å²) in [6.45, 7) is 3.47. The standard InChI is InChI=1S/C23H23NO5/c1-5-17-14(2)22(16-8-6-7-9-18(16)24-17)23(26)29-13-19(25)15-10-11-20(27-3)21(12-15)28-4/h6-12H,5,13H2,1-4H3. The van der Waals surface area contributed by atoms with Crippen molar-refractivity contribution in [2.45, 2.75) is 20.3 Å². The Morgan fingerprint density at radius 1 is 1.00 bits per heavy atom. The van der Waals surface area contributed by atoms with Gasteiger partial charge in [-0.2, -0.15) is 0 Å². The van der Waals surface area contributed by atoms with Crippen molar-refractivity contribution in [2.75, 3.05) is 20.8 Å². The normalized spacial score (nSPS) is 10.6. The fourth-order valence-corrected chi connectivity index (χ4v) is 3.26. The van der Waals surface area contributed by atoms with E-state index < -0.39 is 5.97 Å². The number of carbonyl (C=O) groups is 2. The zero-order valence-corrected chi connectivity index (χ0v) is 16.9. The first-order valence-corrected chi connectivity index (χ1v) is 9.30. The summed E-state index contributed by atoms with van der Waals surface area (Å²) in [6, 6.07) is 12.2. The molecule has 0 N–H and O–H groups in total. The van der Waals surface area contributed by atoms with Crippen LogP contribution in [-0.4, -0.2) is 37.6 Å². The molecule has 0 fully saturated rings. The molecule has 0 spiro atoms. The predicted molar refractivity (Wildman–Crippen MR) is 110 cm³/mol. The Labute approximate surface area is 169 Å². The molecule has 0 aliphatic rings. The largest absolute Gasteiger partial charge is 0.493 e. The van der Waals surface area contributed by atoms with Crippen molar-refractivity contribution in [1.82, 2.24) is 4.98 Å². The number of para-hydroxylation sites is 1. The number of pyridine rings is 1. The summed E-state index contributed by atoms with van der Waals surface area (Å²) >= 11 is 0. The number of benzene rings is 2. The predicted octanol–water partition coefficient (Wildman–Crippen LogP) is 4.16. The number of hydrogen-bond acceptors (Lipinski definition) is 6. The van der Waals surface area contributed by atoms with Gasteiger partial charge < -0.3 is 14.2 Å². The number of methoxy groups -OCH3 is 2. The highest BCUT2D eigenvalue weighted by Gasteiger charge is 2.20. The van der Waals surface area contributed by atoms with Crippen LogP contribution in [0.5, 0.6) is 11.5 Å². The molecular formula is C23H23NO5. The molecule has 29 heavy (non-hydrogen) atoms. The summed E-state index contributed by atoms with van der Waals surface area (Å²) in [5.74, 6) is 0.0934. The molecule has 2 aromatic carbocycles. The Hall–Kier alpha value is -3.41. The van der Waals surface area contributed by atoms with Crippen LogP contribution in [-0.2, 0) is 11.2 Å². The van der Waals surface area contributed by atoms with E-state index in [9.17, 15) is 9.59 Å². The van der Waals surface area contributed by atoms with Gasteiger partial charge in [-0.3, -0.25) is 9.78 Å². The summed E-state index contributed by atoms with van der Waals surface area (Å²) in [4.78, 5) is 30.0. The van der Waals surface area contributed by atoms with Crippen LogP contribution in [0.15, 0.2) is 42.5 Å². The van der Waals surface area contributed by atoms with Crippen LogP contribution in [0.1, 0.15) is 38.9 Å². The molecule has 1 aromatic heterocycles. The third-order valence-corrected chi connectivity index (χ3v) is 4.82. The lowest BCUT2D eigenvalue weighted by Crippen LogP contribution is -2.16. The highest BCUT2D eigenvalue weighted by atomic mass is 16.5. The minimum atomic E-state index is -0.537. The molecule has 0 bridgehead atoms. The SMILES string of the molecule is CCc1nc2ccccc2c(C(=O)OCC(=O)c2ccc(OC)c(OC)c2)c1C. The van der Waals surface area contributed by atoms with Crippen molar-refractivity contribution in [2.24, 2.45) is 0 Å². The zero-order chi connectivity index (χ0) is 21.0. The molecule has 3 aromatic rings. The molecule has 0 saturated heterocycles. The molecule has 150 valence electrons. The Morgan fingerprint density at radius 3 is 2.41 bits per heavy atom. The number of Topliss-reactive ketones (excluding diaryl/α,β-unsaturated/α-hetero) is 1. The molecule has 0 unspecified atom stereocenters. The van der Waals surface area contributed by atoms with Gasteiger partial charge in [0, 0.05) is 16.6 Å². The van der Waals surface area contributed by atoms with Crippen molar-refractivity contribution in [1.29, 1.82) is 0 Å². The number of nitrogens with zero attached hydrogens (tertiary/aromatic N) is 1. The smallest absolute Gasteiger partial charge is 0.339 e. The lowest BCUT2D eigenvalue weighted by molar-refractivity contribution is 0.0475. The quantitative estimate of drug-likeness (QED) is 0.443. The van der Waals surface area contributed by atoms with Crippen LogP contribution in [0.25, 0.3) is 10.9 Å². The highest BCUT2D eigenvalue weighted by molar-refractivity contribution is 6.06. The van der Waals surface area contributed by atoms with Gasteiger partial charge in [-0.05, 0) is 43.2 Å². The number of aryl methyl sites for hydroxylation is 1. The molecule has 6 nitrogen and oxygen atoms in total. The zero-order valence-electron chi connectivity index (χ0n) is 16.9. The number of esters is 1. The van der Waals surface area contributed by atoms with E-state index in [0.29, 0.717) is 34.4 Å². The second kappa shape index (κ2) is 8.73. The van der Waals surface area contributed by atoms with Gasteiger partial charge in [0.25, 0.3) is 0 Å². The number of fused-ring (bicyclic) bond motifs is 1. The summed E-state index contributed by atoms with van der Waals surface area (Å²) in [5, 5.41) is 0.714. The number of hydrogen-bond donors (Lipinski definition) is 0. The van der Waals surface area contributed by atoms with Gasteiger partial charge in [-0.1, -0.05) is 25.1 Å². The van der Waals surface area contributed by atoms with E-state index in [-0.39, 0.29) is 12.4 Å². The van der Waals surface area contributed by atoms with Gasteiger partial charge in [0.05, 0.1) is 25.3 Å². The molecule has 0 saturated carbocycles. The third kappa shape index (κ3) is 4.06. The first kappa shape index (κ1) is 20.3. The molecule has 1 heterocycles. The van der Waals surface area contributed by atoms with E-state index in [2.05, 4.69) is 4.98 Å². The van der Waals surface area contributed by atoms with Crippen molar-refractivity contribution in [3.05, 3.63) is 64.8 Å². The molecule has 0 atom stereocenters. The van der Waals surface area contributed by atoms with E-state index in [0.717, 1.165) is 16.8 Å². The van der Waals surface area contributed by atoms with Gasteiger partial charge in [0.1, 0.15) is 0 Å². The van der Waals surface area contributed by atoms with Crippen LogP contribution < -0.4 is 9.47 Å². The molecule has 3 rings (SSSR count). The Kier molecular flexibility index (Phi) is 6.12. The Bertz CT molecular complexity index is 1070. The van der Waals surface area contributed by atoms with Gasteiger partial charge in [0.15, 0.2) is 23.9 Å².